The van der Waals surface area contributed by atoms with Crippen LogP contribution in [-0.4, -0.2) is 30.9 Å². The van der Waals surface area contributed by atoms with Gasteiger partial charge in [0.1, 0.15) is 6.33 Å². The predicted octanol–water partition coefficient (Wildman–Crippen LogP) is 2.46. The Morgan fingerprint density at radius 3 is 3.00 bits per heavy atom. The molecule has 0 aliphatic heterocycles. The van der Waals surface area contributed by atoms with Gasteiger partial charge in [0.15, 0.2) is 0 Å². The number of H-pyrrole nitrogens is 1. The van der Waals surface area contributed by atoms with Crippen molar-refractivity contribution in [2.24, 2.45) is 0 Å². The van der Waals surface area contributed by atoms with E-state index in [9.17, 15) is 4.79 Å². The van der Waals surface area contributed by atoms with Crippen molar-refractivity contribution < 1.29 is 4.79 Å². The molecule has 2 heterocycles. The standard InChI is InChI=1S/C14H13ClN6O/c1-2-12-11(13(22)19-14-16-8-17-20-14)7-18-21(12)10-5-3-4-9(15)6-10/h3-8H,2H2,1H3,(H2,16,17,19,20,22). The maximum Gasteiger partial charge on any atom is 0.261 e. The lowest BCUT2D eigenvalue weighted by atomic mass is 10.2. The van der Waals surface area contributed by atoms with Gasteiger partial charge in [-0.25, -0.2) is 9.78 Å². The van der Waals surface area contributed by atoms with Gasteiger partial charge in [0.2, 0.25) is 5.95 Å². The number of aromatic amines is 1. The molecule has 0 bridgehead atoms. The van der Waals surface area contributed by atoms with Crippen LogP contribution in [0.1, 0.15) is 23.0 Å². The van der Waals surface area contributed by atoms with Crippen LogP contribution in [0.4, 0.5) is 5.95 Å². The Labute approximate surface area is 131 Å². The number of anilines is 1. The second-order valence-corrected chi connectivity index (χ2v) is 4.97. The maximum atomic E-state index is 12.3. The molecule has 0 unspecified atom stereocenters. The Hall–Kier alpha value is -2.67. The normalized spacial score (nSPS) is 10.6. The van der Waals surface area contributed by atoms with Crippen molar-refractivity contribution in [2.45, 2.75) is 13.3 Å². The molecule has 2 N–H and O–H groups in total. The Morgan fingerprint density at radius 1 is 1.45 bits per heavy atom. The lowest BCUT2D eigenvalue weighted by molar-refractivity contribution is 0.102. The Kier molecular flexibility index (Phi) is 3.88. The second-order valence-electron chi connectivity index (χ2n) is 4.54. The summed E-state index contributed by atoms with van der Waals surface area (Å²) < 4.78 is 1.71. The highest BCUT2D eigenvalue weighted by Crippen LogP contribution is 2.19. The highest BCUT2D eigenvalue weighted by Gasteiger charge is 2.18. The molecule has 0 saturated carbocycles. The zero-order valence-corrected chi connectivity index (χ0v) is 12.5. The number of aromatic nitrogens is 5. The molecule has 112 valence electrons. The molecule has 3 rings (SSSR count). The molecule has 3 aromatic rings. The SMILES string of the molecule is CCc1c(C(=O)Nc2ncn[nH]2)cnn1-c1cccc(Cl)c1. The molecule has 0 aliphatic carbocycles. The molecule has 22 heavy (non-hydrogen) atoms. The van der Waals surface area contributed by atoms with Gasteiger partial charge in [-0.15, -0.1) is 0 Å². The smallest absolute Gasteiger partial charge is 0.261 e. The summed E-state index contributed by atoms with van der Waals surface area (Å²) in [6.07, 6.45) is 3.50. The third-order valence-electron chi connectivity index (χ3n) is 3.15. The predicted molar refractivity (Wildman–Crippen MR) is 82.3 cm³/mol. The highest BCUT2D eigenvalue weighted by atomic mass is 35.5. The first kappa shape index (κ1) is 14.3. The van der Waals surface area contributed by atoms with Crippen LogP contribution in [0, 0.1) is 0 Å². The molecule has 0 radical (unpaired) electrons. The van der Waals surface area contributed by atoms with Gasteiger partial charge < -0.3 is 0 Å². The van der Waals surface area contributed by atoms with E-state index >= 15 is 0 Å². The molecular weight excluding hydrogens is 304 g/mol. The minimum atomic E-state index is -0.290. The fraction of sp³-hybridized carbons (Fsp3) is 0.143. The molecule has 2 aromatic heterocycles. The van der Waals surface area contributed by atoms with Gasteiger partial charge in [0, 0.05) is 5.02 Å². The maximum absolute atomic E-state index is 12.3. The summed E-state index contributed by atoms with van der Waals surface area (Å²) in [5.41, 5.74) is 2.08. The van der Waals surface area contributed by atoms with Crippen LogP contribution in [0.15, 0.2) is 36.8 Å². The molecule has 0 saturated heterocycles. The topological polar surface area (TPSA) is 88.5 Å². The van der Waals surface area contributed by atoms with Gasteiger partial charge >= 0.3 is 0 Å². The van der Waals surface area contributed by atoms with Crippen LogP contribution in [0.25, 0.3) is 5.69 Å². The van der Waals surface area contributed by atoms with Crippen LogP contribution in [0.3, 0.4) is 0 Å². The van der Waals surface area contributed by atoms with Crippen molar-refractivity contribution in [3.8, 4) is 5.69 Å². The van der Waals surface area contributed by atoms with Crippen molar-refractivity contribution in [2.75, 3.05) is 5.32 Å². The number of hydrogen-bond donors (Lipinski definition) is 2. The first-order chi connectivity index (χ1) is 10.7. The number of rotatable bonds is 4. The van der Waals surface area contributed by atoms with Gasteiger partial charge in [-0.05, 0) is 24.6 Å². The molecule has 0 fully saturated rings. The van der Waals surface area contributed by atoms with E-state index in [0.717, 1.165) is 11.4 Å². The Balaban J connectivity index is 1.95. The van der Waals surface area contributed by atoms with Crippen molar-refractivity contribution in [1.82, 2.24) is 25.0 Å². The van der Waals surface area contributed by atoms with E-state index in [2.05, 4.69) is 25.6 Å². The summed E-state index contributed by atoms with van der Waals surface area (Å²) in [6.45, 7) is 1.96. The summed E-state index contributed by atoms with van der Waals surface area (Å²) >= 11 is 6.01. The number of nitrogens with one attached hydrogen (secondary N) is 2. The molecule has 1 amide bonds. The van der Waals surface area contributed by atoms with E-state index in [-0.39, 0.29) is 5.91 Å². The molecule has 1 aromatic carbocycles. The van der Waals surface area contributed by atoms with Gasteiger partial charge in [-0.3, -0.25) is 10.1 Å². The fourth-order valence-electron chi connectivity index (χ4n) is 2.17. The molecule has 0 aliphatic rings. The van der Waals surface area contributed by atoms with E-state index in [1.165, 1.54) is 12.5 Å². The van der Waals surface area contributed by atoms with E-state index in [1.54, 1.807) is 16.8 Å². The third-order valence-corrected chi connectivity index (χ3v) is 3.38. The van der Waals surface area contributed by atoms with Crippen molar-refractivity contribution in [3.05, 3.63) is 53.1 Å². The number of halogens is 1. The lowest BCUT2D eigenvalue weighted by Gasteiger charge is -2.08. The van der Waals surface area contributed by atoms with Crippen molar-refractivity contribution in [1.29, 1.82) is 0 Å². The molecule has 8 heteroatoms. The average molecular weight is 317 g/mol. The number of nitrogens with zero attached hydrogens (tertiary/aromatic N) is 4. The number of benzene rings is 1. The minimum Gasteiger partial charge on any atom is -0.291 e. The van der Waals surface area contributed by atoms with Crippen LogP contribution >= 0.6 is 11.6 Å². The number of carbonyl (C=O) groups excluding carboxylic acids is 1. The van der Waals surface area contributed by atoms with Crippen LogP contribution in [0.5, 0.6) is 0 Å². The number of hydrogen-bond acceptors (Lipinski definition) is 4. The zero-order valence-electron chi connectivity index (χ0n) is 11.7. The third kappa shape index (κ3) is 2.71. The quantitative estimate of drug-likeness (QED) is 0.774. The summed E-state index contributed by atoms with van der Waals surface area (Å²) in [6, 6.07) is 7.31. The monoisotopic (exact) mass is 316 g/mol. The fourth-order valence-corrected chi connectivity index (χ4v) is 2.36. The number of carbonyl (C=O) groups is 1. The average Bonchev–Trinajstić information content (AvgIpc) is 3.15. The van der Waals surface area contributed by atoms with Gasteiger partial charge in [0.05, 0.1) is 23.1 Å². The van der Waals surface area contributed by atoms with E-state index in [4.69, 9.17) is 11.6 Å². The van der Waals surface area contributed by atoms with Crippen LogP contribution in [0.2, 0.25) is 5.02 Å². The highest BCUT2D eigenvalue weighted by molar-refractivity contribution is 6.30. The summed E-state index contributed by atoms with van der Waals surface area (Å²) in [4.78, 5) is 16.2. The van der Waals surface area contributed by atoms with Crippen molar-refractivity contribution in [3.63, 3.8) is 0 Å². The van der Waals surface area contributed by atoms with E-state index < -0.39 is 0 Å². The van der Waals surface area contributed by atoms with Crippen molar-refractivity contribution >= 4 is 23.5 Å². The minimum absolute atomic E-state index is 0.290. The molecule has 0 spiro atoms. The van der Waals surface area contributed by atoms with Gasteiger partial charge in [-0.1, -0.05) is 24.6 Å². The summed E-state index contributed by atoms with van der Waals surface area (Å²) in [7, 11) is 0. The second kappa shape index (κ2) is 5.98. The summed E-state index contributed by atoms with van der Waals surface area (Å²) in [5.74, 6) is 0.00411. The molecule has 0 atom stereocenters. The molecule has 7 nitrogen and oxygen atoms in total. The van der Waals surface area contributed by atoms with Gasteiger partial charge in [-0.2, -0.15) is 15.2 Å². The van der Waals surface area contributed by atoms with Gasteiger partial charge in [0.25, 0.3) is 5.91 Å². The Morgan fingerprint density at radius 2 is 2.32 bits per heavy atom. The number of amides is 1. The first-order valence-electron chi connectivity index (χ1n) is 6.68. The molecular formula is C14H13ClN6O. The van der Waals surface area contributed by atoms with E-state index in [1.807, 2.05) is 19.1 Å². The first-order valence-corrected chi connectivity index (χ1v) is 7.06. The van der Waals surface area contributed by atoms with Crippen LogP contribution in [-0.2, 0) is 6.42 Å². The van der Waals surface area contributed by atoms with Crippen LogP contribution < -0.4 is 5.32 Å². The lowest BCUT2D eigenvalue weighted by Crippen LogP contribution is -2.15. The summed E-state index contributed by atoms with van der Waals surface area (Å²) in [5, 5.41) is 13.8. The van der Waals surface area contributed by atoms with E-state index in [0.29, 0.717) is 23.0 Å². The Bertz CT molecular complexity index is 796. The zero-order chi connectivity index (χ0) is 15.5. The largest absolute Gasteiger partial charge is 0.291 e.